The number of nitrogens with zero attached hydrogens (tertiary/aromatic N) is 4. The topological polar surface area (TPSA) is 62.5 Å². The smallest absolute Gasteiger partial charge is 0.245 e. The van der Waals surface area contributed by atoms with Gasteiger partial charge in [-0.15, -0.1) is 0 Å². The summed E-state index contributed by atoms with van der Waals surface area (Å²) in [5.74, 6) is 0.622. The van der Waals surface area contributed by atoms with E-state index in [0.717, 1.165) is 25.1 Å². The van der Waals surface area contributed by atoms with E-state index in [0.29, 0.717) is 12.4 Å². The van der Waals surface area contributed by atoms with Crippen LogP contribution in [0.3, 0.4) is 0 Å². The molecule has 2 aromatic rings. The molecule has 1 fully saturated rings. The van der Waals surface area contributed by atoms with Gasteiger partial charge >= 0.3 is 0 Å². The number of carbonyl (C=O) groups excluding carboxylic acids is 1. The fourth-order valence-electron chi connectivity index (χ4n) is 2.76. The summed E-state index contributed by atoms with van der Waals surface area (Å²) in [7, 11) is 1.78. The van der Waals surface area contributed by atoms with Crippen LogP contribution in [-0.4, -0.2) is 40.6 Å². The standard InChI is InChI=1S/C15H18N4O2/c1-18(10-14-16-11-21-17-14)15(20)13-8-5-9-19(13)12-6-3-2-4-7-12/h2-4,6-7,11,13H,5,8-10H2,1H3/t13-/m0/s1. The number of amides is 1. The summed E-state index contributed by atoms with van der Waals surface area (Å²) >= 11 is 0. The van der Waals surface area contributed by atoms with Crippen molar-refractivity contribution in [1.82, 2.24) is 15.0 Å². The lowest BCUT2D eigenvalue weighted by Gasteiger charge is -2.29. The SMILES string of the molecule is CN(Cc1ncon1)C(=O)[C@@H]1CCCN1c1ccccc1. The quantitative estimate of drug-likeness (QED) is 0.856. The minimum absolute atomic E-state index is 0.0983. The Morgan fingerprint density at radius 2 is 2.24 bits per heavy atom. The highest BCUT2D eigenvalue weighted by Crippen LogP contribution is 2.26. The van der Waals surface area contributed by atoms with Crippen LogP contribution in [0.15, 0.2) is 41.2 Å². The Labute approximate surface area is 123 Å². The van der Waals surface area contributed by atoms with E-state index in [4.69, 9.17) is 4.52 Å². The maximum Gasteiger partial charge on any atom is 0.245 e. The van der Waals surface area contributed by atoms with Crippen molar-refractivity contribution in [1.29, 1.82) is 0 Å². The summed E-state index contributed by atoms with van der Waals surface area (Å²) < 4.78 is 4.70. The van der Waals surface area contributed by atoms with Crippen LogP contribution in [-0.2, 0) is 11.3 Å². The van der Waals surface area contributed by atoms with Gasteiger partial charge in [-0.2, -0.15) is 4.98 Å². The highest BCUT2D eigenvalue weighted by atomic mass is 16.5. The van der Waals surface area contributed by atoms with Crippen LogP contribution in [0.2, 0.25) is 0 Å². The molecule has 21 heavy (non-hydrogen) atoms. The van der Waals surface area contributed by atoms with Gasteiger partial charge in [0.25, 0.3) is 0 Å². The summed E-state index contributed by atoms with van der Waals surface area (Å²) in [6, 6.07) is 9.97. The maximum atomic E-state index is 12.7. The van der Waals surface area contributed by atoms with E-state index < -0.39 is 0 Å². The number of carbonyl (C=O) groups is 1. The van der Waals surface area contributed by atoms with Crippen molar-refractivity contribution in [3.63, 3.8) is 0 Å². The fraction of sp³-hybridized carbons (Fsp3) is 0.400. The minimum Gasteiger partial charge on any atom is -0.360 e. The van der Waals surface area contributed by atoms with Gasteiger partial charge in [-0.3, -0.25) is 4.79 Å². The first-order valence-electron chi connectivity index (χ1n) is 7.07. The molecule has 6 nitrogen and oxygen atoms in total. The van der Waals surface area contributed by atoms with Gasteiger partial charge in [0.05, 0.1) is 6.54 Å². The lowest BCUT2D eigenvalue weighted by atomic mass is 10.1. The van der Waals surface area contributed by atoms with Gasteiger partial charge < -0.3 is 14.3 Å². The zero-order valence-corrected chi connectivity index (χ0v) is 12.0. The molecule has 1 saturated heterocycles. The number of para-hydroxylation sites is 1. The molecule has 1 aliphatic heterocycles. The third-order valence-electron chi connectivity index (χ3n) is 3.79. The van der Waals surface area contributed by atoms with Crippen LogP contribution >= 0.6 is 0 Å². The lowest BCUT2D eigenvalue weighted by Crippen LogP contribution is -2.44. The van der Waals surface area contributed by atoms with Crippen LogP contribution < -0.4 is 4.90 Å². The predicted molar refractivity (Wildman–Crippen MR) is 77.6 cm³/mol. The largest absolute Gasteiger partial charge is 0.360 e. The van der Waals surface area contributed by atoms with Gasteiger partial charge in [0, 0.05) is 19.3 Å². The van der Waals surface area contributed by atoms with Crippen molar-refractivity contribution in [2.24, 2.45) is 0 Å². The first-order valence-corrected chi connectivity index (χ1v) is 7.07. The third-order valence-corrected chi connectivity index (χ3v) is 3.79. The molecule has 0 radical (unpaired) electrons. The van der Waals surface area contributed by atoms with Gasteiger partial charge in [0.2, 0.25) is 12.3 Å². The van der Waals surface area contributed by atoms with E-state index in [1.807, 2.05) is 30.3 Å². The van der Waals surface area contributed by atoms with Crippen LogP contribution in [0.25, 0.3) is 0 Å². The van der Waals surface area contributed by atoms with E-state index in [1.165, 1.54) is 6.39 Å². The predicted octanol–water partition coefficient (Wildman–Crippen LogP) is 1.70. The number of anilines is 1. The number of hydrogen-bond acceptors (Lipinski definition) is 5. The molecule has 0 aliphatic carbocycles. The first kappa shape index (κ1) is 13.6. The third kappa shape index (κ3) is 2.89. The van der Waals surface area contributed by atoms with Crippen LogP contribution in [0, 0.1) is 0 Å². The maximum absolute atomic E-state index is 12.7. The number of benzene rings is 1. The number of rotatable bonds is 4. The van der Waals surface area contributed by atoms with Crippen LogP contribution in [0.4, 0.5) is 5.69 Å². The van der Waals surface area contributed by atoms with E-state index in [1.54, 1.807) is 11.9 Å². The van der Waals surface area contributed by atoms with Crippen molar-refractivity contribution < 1.29 is 9.32 Å². The molecule has 0 spiro atoms. The molecule has 110 valence electrons. The monoisotopic (exact) mass is 286 g/mol. The summed E-state index contributed by atoms with van der Waals surface area (Å²) in [6.07, 6.45) is 3.19. The first-order chi connectivity index (χ1) is 10.3. The molecule has 1 atom stereocenters. The Morgan fingerprint density at radius 1 is 1.43 bits per heavy atom. The van der Waals surface area contributed by atoms with Crippen molar-refractivity contribution in [3.8, 4) is 0 Å². The van der Waals surface area contributed by atoms with Gasteiger partial charge in [-0.1, -0.05) is 23.4 Å². The van der Waals surface area contributed by atoms with E-state index in [2.05, 4.69) is 15.0 Å². The Morgan fingerprint density at radius 3 is 2.95 bits per heavy atom. The Bertz CT molecular complexity index is 585. The molecule has 0 unspecified atom stereocenters. The van der Waals surface area contributed by atoms with E-state index in [-0.39, 0.29) is 11.9 Å². The van der Waals surface area contributed by atoms with Gasteiger partial charge in [0.15, 0.2) is 5.82 Å². The van der Waals surface area contributed by atoms with E-state index >= 15 is 0 Å². The van der Waals surface area contributed by atoms with Gasteiger partial charge in [0.1, 0.15) is 6.04 Å². The fourth-order valence-corrected chi connectivity index (χ4v) is 2.76. The molecule has 0 saturated carbocycles. The molecule has 1 aromatic carbocycles. The average molecular weight is 286 g/mol. The second-order valence-corrected chi connectivity index (χ2v) is 5.23. The normalized spacial score (nSPS) is 18.0. The molecule has 3 rings (SSSR count). The van der Waals surface area contributed by atoms with E-state index in [9.17, 15) is 4.79 Å². The summed E-state index contributed by atoms with van der Waals surface area (Å²) in [6.45, 7) is 1.28. The van der Waals surface area contributed by atoms with Gasteiger partial charge in [-0.05, 0) is 25.0 Å². The minimum atomic E-state index is -0.107. The number of aromatic nitrogens is 2. The summed E-state index contributed by atoms with van der Waals surface area (Å²) in [4.78, 5) is 20.4. The number of hydrogen-bond donors (Lipinski definition) is 0. The van der Waals surface area contributed by atoms with Crippen LogP contribution in [0.5, 0.6) is 0 Å². The zero-order chi connectivity index (χ0) is 14.7. The molecule has 0 N–H and O–H groups in total. The van der Waals surface area contributed by atoms with Gasteiger partial charge in [-0.25, -0.2) is 0 Å². The Hall–Kier alpha value is -2.37. The van der Waals surface area contributed by atoms with Crippen molar-refractivity contribution in [3.05, 3.63) is 42.5 Å². The molecular weight excluding hydrogens is 268 g/mol. The molecule has 1 aromatic heterocycles. The summed E-state index contributed by atoms with van der Waals surface area (Å²) in [5.41, 5.74) is 1.10. The highest BCUT2D eigenvalue weighted by molar-refractivity contribution is 5.85. The molecular formula is C15H18N4O2. The number of likely N-dealkylation sites (N-methyl/N-ethyl adjacent to an activating group) is 1. The second kappa shape index (κ2) is 5.95. The van der Waals surface area contributed by atoms with Crippen LogP contribution in [0.1, 0.15) is 18.7 Å². The second-order valence-electron chi connectivity index (χ2n) is 5.23. The molecule has 2 heterocycles. The van der Waals surface area contributed by atoms with Crippen molar-refractivity contribution in [2.45, 2.75) is 25.4 Å². The molecule has 1 amide bonds. The highest BCUT2D eigenvalue weighted by Gasteiger charge is 2.32. The van der Waals surface area contributed by atoms with Crippen molar-refractivity contribution in [2.75, 3.05) is 18.5 Å². The molecule has 6 heteroatoms. The summed E-state index contributed by atoms with van der Waals surface area (Å²) in [5, 5.41) is 3.75. The average Bonchev–Trinajstić information content (AvgIpc) is 3.18. The Balaban J connectivity index is 1.71. The molecule has 0 bridgehead atoms. The molecule has 1 aliphatic rings. The van der Waals surface area contributed by atoms with Crippen molar-refractivity contribution >= 4 is 11.6 Å². The lowest BCUT2D eigenvalue weighted by molar-refractivity contribution is -0.131. The Kier molecular flexibility index (Phi) is 3.85. The zero-order valence-electron chi connectivity index (χ0n) is 12.0.